The molecule has 1 aliphatic rings. The molecule has 0 atom stereocenters. The van der Waals surface area contributed by atoms with E-state index in [1.165, 1.54) is 0 Å². The summed E-state index contributed by atoms with van der Waals surface area (Å²) < 4.78 is 1.58. The molecule has 0 spiro atoms. The Hall–Kier alpha value is -1.89. The van der Waals surface area contributed by atoms with Gasteiger partial charge in [0.15, 0.2) is 10.7 Å². The van der Waals surface area contributed by atoms with Crippen molar-refractivity contribution in [3.05, 3.63) is 30.0 Å². The van der Waals surface area contributed by atoms with Crippen LogP contribution in [0.4, 0.5) is 5.13 Å². The Morgan fingerprint density at radius 3 is 2.68 bits per heavy atom. The van der Waals surface area contributed by atoms with Crippen molar-refractivity contribution >= 4 is 22.4 Å². The third kappa shape index (κ3) is 1.99. The van der Waals surface area contributed by atoms with Crippen LogP contribution in [0, 0.1) is 0 Å². The molecule has 0 aliphatic carbocycles. The van der Waals surface area contributed by atoms with E-state index >= 15 is 0 Å². The second-order valence-corrected chi connectivity index (χ2v) is 5.46. The third-order valence-corrected chi connectivity index (χ3v) is 4.45. The fourth-order valence-corrected chi connectivity index (χ4v) is 3.20. The van der Waals surface area contributed by atoms with E-state index in [4.69, 9.17) is 0 Å². The summed E-state index contributed by atoms with van der Waals surface area (Å²) in [6.45, 7) is 1.36. The summed E-state index contributed by atoms with van der Waals surface area (Å²) >= 11 is 1.58. The number of aromatic nitrogens is 3. The molecule has 2 aromatic rings. The highest BCUT2D eigenvalue weighted by atomic mass is 32.1. The van der Waals surface area contributed by atoms with Gasteiger partial charge < -0.3 is 10.0 Å². The number of carboxylic acids is 1. The van der Waals surface area contributed by atoms with Crippen LogP contribution in [0.15, 0.2) is 30.0 Å². The van der Waals surface area contributed by atoms with E-state index in [1.807, 2.05) is 5.38 Å². The quantitative estimate of drug-likeness (QED) is 0.919. The molecule has 19 heavy (non-hydrogen) atoms. The predicted octanol–water partition coefficient (Wildman–Crippen LogP) is 1.42. The van der Waals surface area contributed by atoms with Gasteiger partial charge >= 0.3 is 5.97 Å². The predicted molar refractivity (Wildman–Crippen MR) is 71.4 cm³/mol. The lowest BCUT2D eigenvalue weighted by atomic mass is 9.88. The molecule has 100 valence electrons. The standard InChI is InChI=1S/C12H14N4O2S/c17-10(18)12(16-6-1-4-14-16)2-7-15(8-3-12)11-13-5-9-19-11/h1,4-6,9H,2-3,7-8H2,(H,17,18). The smallest absolute Gasteiger partial charge is 0.331 e. The molecule has 1 saturated heterocycles. The molecular weight excluding hydrogens is 264 g/mol. The van der Waals surface area contributed by atoms with Gasteiger partial charge in [0.1, 0.15) is 0 Å². The average molecular weight is 278 g/mol. The summed E-state index contributed by atoms with van der Waals surface area (Å²) in [6.07, 6.45) is 6.19. The number of thiazole rings is 1. The number of nitrogens with zero attached hydrogens (tertiary/aromatic N) is 4. The first-order valence-electron chi connectivity index (χ1n) is 6.10. The molecule has 2 aromatic heterocycles. The van der Waals surface area contributed by atoms with Crippen LogP contribution in [0.25, 0.3) is 0 Å². The van der Waals surface area contributed by atoms with Gasteiger partial charge in [0, 0.05) is 49.9 Å². The normalized spacial score (nSPS) is 18.4. The molecule has 1 aliphatic heterocycles. The number of hydrogen-bond acceptors (Lipinski definition) is 5. The van der Waals surface area contributed by atoms with Crippen LogP contribution >= 0.6 is 11.3 Å². The van der Waals surface area contributed by atoms with E-state index in [0.29, 0.717) is 25.9 Å². The Balaban J connectivity index is 1.82. The van der Waals surface area contributed by atoms with Crippen molar-refractivity contribution in [3.8, 4) is 0 Å². The second kappa shape index (κ2) is 4.65. The number of hydrogen-bond donors (Lipinski definition) is 1. The van der Waals surface area contributed by atoms with Gasteiger partial charge in [-0.2, -0.15) is 5.10 Å². The van der Waals surface area contributed by atoms with Gasteiger partial charge in [0.25, 0.3) is 0 Å². The minimum absolute atomic E-state index is 0.531. The van der Waals surface area contributed by atoms with Crippen LogP contribution in [0.2, 0.25) is 0 Å². The van der Waals surface area contributed by atoms with Gasteiger partial charge in [-0.15, -0.1) is 11.3 Å². The zero-order valence-electron chi connectivity index (χ0n) is 10.3. The lowest BCUT2D eigenvalue weighted by molar-refractivity contribution is -0.149. The van der Waals surface area contributed by atoms with Crippen molar-refractivity contribution in [1.29, 1.82) is 0 Å². The highest BCUT2D eigenvalue weighted by Crippen LogP contribution is 2.32. The molecule has 0 bridgehead atoms. The fourth-order valence-electron chi connectivity index (χ4n) is 2.50. The zero-order chi connectivity index (χ0) is 13.3. The van der Waals surface area contributed by atoms with Crippen molar-refractivity contribution in [2.45, 2.75) is 18.4 Å². The Bertz CT molecular complexity index is 544. The van der Waals surface area contributed by atoms with E-state index in [1.54, 1.807) is 40.7 Å². The van der Waals surface area contributed by atoms with E-state index in [-0.39, 0.29) is 0 Å². The Morgan fingerprint density at radius 1 is 1.37 bits per heavy atom. The van der Waals surface area contributed by atoms with E-state index in [0.717, 1.165) is 5.13 Å². The minimum atomic E-state index is -0.919. The van der Waals surface area contributed by atoms with Crippen LogP contribution in [-0.4, -0.2) is 38.9 Å². The molecule has 6 nitrogen and oxygen atoms in total. The molecule has 0 radical (unpaired) electrons. The number of carboxylic acid groups (broad SMARTS) is 1. The largest absolute Gasteiger partial charge is 0.479 e. The number of anilines is 1. The van der Waals surface area contributed by atoms with Gasteiger partial charge in [-0.25, -0.2) is 9.78 Å². The monoisotopic (exact) mass is 278 g/mol. The number of aliphatic carboxylic acids is 1. The summed E-state index contributed by atoms with van der Waals surface area (Å²) in [5, 5.41) is 16.6. The number of piperidine rings is 1. The second-order valence-electron chi connectivity index (χ2n) is 4.59. The Morgan fingerprint density at radius 2 is 2.16 bits per heavy atom. The van der Waals surface area contributed by atoms with Gasteiger partial charge in [-0.3, -0.25) is 4.68 Å². The highest BCUT2D eigenvalue weighted by Gasteiger charge is 2.44. The van der Waals surface area contributed by atoms with Crippen LogP contribution in [0.1, 0.15) is 12.8 Å². The molecular formula is C12H14N4O2S. The lowest BCUT2D eigenvalue weighted by Gasteiger charge is -2.38. The number of rotatable bonds is 3. The summed E-state index contributed by atoms with van der Waals surface area (Å²) in [6, 6.07) is 1.76. The molecule has 0 aromatic carbocycles. The SMILES string of the molecule is O=C(O)C1(n2cccn2)CCN(c2nccs2)CC1. The van der Waals surface area contributed by atoms with Crippen LogP contribution < -0.4 is 4.90 Å². The van der Waals surface area contributed by atoms with Crippen molar-refractivity contribution in [2.24, 2.45) is 0 Å². The molecule has 3 rings (SSSR count). The summed E-state index contributed by atoms with van der Waals surface area (Å²) in [4.78, 5) is 18.1. The molecule has 1 fully saturated rings. The number of carbonyl (C=O) groups is 1. The Kier molecular flexibility index (Phi) is 2.98. The molecule has 0 amide bonds. The van der Waals surface area contributed by atoms with Gasteiger partial charge in [0.2, 0.25) is 0 Å². The maximum absolute atomic E-state index is 11.7. The van der Waals surface area contributed by atoms with Gasteiger partial charge in [-0.1, -0.05) is 0 Å². The maximum atomic E-state index is 11.7. The van der Waals surface area contributed by atoms with E-state index in [9.17, 15) is 9.90 Å². The van der Waals surface area contributed by atoms with Crippen LogP contribution in [0.5, 0.6) is 0 Å². The molecule has 0 saturated carbocycles. The summed E-state index contributed by atoms with van der Waals surface area (Å²) in [5.41, 5.74) is -0.919. The topological polar surface area (TPSA) is 71.2 Å². The summed E-state index contributed by atoms with van der Waals surface area (Å²) in [7, 11) is 0. The maximum Gasteiger partial charge on any atom is 0.331 e. The molecule has 3 heterocycles. The van der Waals surface area contributed by atoms with Crippen molar-refractivity contribution in [1.82, 2.24) is 14.8 Å². The molecule has 7 heteroatoms. The zero-order valence-corrected chi connectivity index (χ0v) is 11.1. The Labute approximate surface area is 114 Å². The molecule has 1 N–H and O–H groups in total. The van der Waals surface area contributed by atoms with Gasteiger partial charge in [-0.05, 0) is 6.07 Å². The fraction of sp³-hybridized carbons (Fsp3) is 0.417. The van der Waals surface area contributed by atoms with Crippen molar-refractivity contribution in [2.75, 3.05) is 18.0 Å². The van der Waals surface area contributed by atoms with E-state index < -0.39 is 11.5 Å². The first-order chi connectivity index (χ1) is 9.22. The minimum Gasteiger partial charge on any atom is -0.479 e. The first kappa shape index (κ1) is 12.2. The molecule has 0 unspecified atom stereocenters. The van der Waals surface area contributed by atoms with Crippen molar-refractivity contribution in [3.63, 3.8) is 0 Å². The van der Waals surface area contributed by atoms with Crippen molar-refractivity contribution < 1.29 is 9.90 Å². The van der Waals surface area contributed by atoms with Crippen LogP contribution in [-0.2, 0) is 10.3 Å². The van der Waals surface area contributed by atoms with Gasteiger partial charge in [0.05, 0.1) is 0 Å². The first-order valence-corrected chi connectivity index (χ1v) is 6.98. The lowest BCUT2D eigenvalue weighted by Crippen LogP contribution is -2.51. The summed E-state index contributed by atoms with van der Waals surface area (Å²) in [5.74, 6) is -0.810. The van der Waals surface area contributed by atoms with Crippen LogP contribution in [0.3, 0.4) is 0 Å². The highest BCUT2D eigenvalue weighted by molar-refractivity contribution is 7.13. The average Bonchev–Trinajstić information content (AvgIpc) is 3.12. The van der Waals surface area contributed by atoms with E-state index in [2.05, 4.69) is 15.0 Å². The third-order valence-electron chi connectivity index (χ3n) is 3.62.